The molecule has 0 aliphatic carbocycles. The molecule has 9 heteroatoms. The van der Waals surface area contributed by atoms with Gasteiger partial charge >= 0.3 is 0 Å². The van der Waals surface area contributed by atoms with Gasteiger partial charge in [0.2, 0.25) is 5.60 Å². The van der Waals surface area contributed by atoms with Crippen molar-refractivity contribution in [2.45, 2.75) is 18.9 Å². The SMILES string of the molecule is Cc1nn(NC(=O)c2ccncn2)cc1-c1cccc(C#C[C@]2(O)CCN(C)C2=O)c1. The first-order chi connectivity index (χ1) is 14.9. The van der Waals surface area contributed by atoms with E-state index in [1.54, 1.807) is 19.3 Å². The quantitative estimate of drug-likeness (QED) is 0.616. The molecule has 4 rings (SSSR count). The summed E-state index contributed by atoms with van der Waals surface area (Å²) in [5.74, 6) is 4.84. The molecular formula is C22H20N6O3. The van der Waals surface area contributed by atoms with Gasteiger partial charge in [0.25, 0.3) is 11.8 Å². The number of nitrogens with one attached hydrogen (secondary N) is 1. The van der Waals surface area contributed by atoms with Crippen molar-refractivity contribution in [3.63, 3.8) is 0 Å². The lowest BCUT2D eigenvalue weighted by atomic mass is 10.0. The molecule has 1 aromatic carbocycles. The Morgan fingerprint density at radius 1 is 1.32 bits per heavy atom. The first-order valence-corrected chi connectivity index (χ1v) is 9.61. The van der Waals surface area contributed by atoms with Crippen LogP contribution in [0.25, 0.3) is 11.1 Å². The molecule has 1 aliphatic rings. The molecule has 1 saturated heterocycles. The fraction of sp³-hybridized carbons (Fsp3) is 0.227. The lowest BCUT2D eigenvalue weighted by Gasteiger charge is -2.13. The molecule has 1 fully saturated rings. The van der Waals surface area contributed by atoms with Gasteiger partial charge in [-0.2, -0.15) is 9.89 Å². The van der Waals surface area contributed by atoms with Crippen LogP contribution < -0.4 is 5.43 Å². The van der Waals surface area contributed by atoms with Gasteiger partial charge in [-0.15, -0.1) is 0 Å². The lowest BCUT2D eigenvalue weighted by molar-refractivity contribution is -0.137. The molecule has 31 heavy (non-hydrogen) atoms. The van der Waals surface area contributed by atoms with E-state index in [0.717, 1.165) is 11.1 Å². The highest BCUT2D eigenvalue weighted by molar-refractivity contribution is 5.98. The van der Waals surface area contributed by atoms with Gasteiger partial charge in [0.15, 0.2) is 0 Å². The van der Waals surface area contributed by atoms with Gasteiger partial charge < -0.3 is 10.0 Å². The van der Waals surface area contributed by atoms with Crippen LogP contribution in [-0.4, -0.2) is 60.9 Å². The number of benzene rings is 1. The van der Waals surface area contributed by atoms with E-state index in [2.05, 4.69) is 32.3 Å². The van der Waals surface area contributed by atoms with Crippen LogP contribution in [0, 0.1) is 18.8 Å². The van der Waals surface area contributed by atoms with Gasteiger partial charge in [0.1, 0.15) is 12.0 Å². The Hall–Kier alpha value is -4.03. The summed E-state index contributed by atoms with van der Waals surface area (Å²) in [6.45, 7) is 2.31. The average Bonchev–Trinajstić information content (AvgIpc) is 3.27. The Balaban J connectivity index is 1.56. The zero-order valence-electron chi connectivity index (χ0n) is 17.0. The zero-order chi connectivity index (χ0) is 22.0. The minimum absolute atomic E-state index is 0.229. The van der Waals surface area contributed by atoms with Crippen molar-refractivity contribution in [1.29, 1.82) is 0 Å². The van der Waals surface area contributed by atoms with Gasteiger partial charge in [0.05, 0.1) is 11.9 Å². The number of aryl methyl sites for hydroxylation is 1. The summed E-state index contributed by atoms with van der Waals surface area (Å²) in [6.07, 6.45) is 4.77. The molecule has 0 bridgehead atoms. The second-order valence-corrected chi connectivity index (χ2v) is 7.28. The van der Waals surface area contributed by atoms with Crippen molar-refractivity contribution < 1.29 is 14.7 Å². The zero-order valence-corrected chi connectivity index (χ0v) is 17.0. The summed E-state index contributed by atoms with van der Waals surface area (Å²) in [5, 5.41) is 14.8. The number of nitrogens with zero attached hydrogens (tertiary/aromatic N) is 5. The van der Waals surface area contributed by atoms with Crippen LogP contribution in [0.4, 0.5) is 0 Å². The van der Waals surface area contributed by atoms with Crippen molar-refractivity contribution in [2.75, 3.05) is 19.0 Å². The maximum Gasteiger partial charge on any atom is 0.290 e. The van der Waals surface area contributed by atoms with E-state index in [0.29, 0.717) is 17.8 Å². The molecule has 1 atom stereocenters. The lowest BCUT2D eigenvalue weighted by Crippen LogP contribution is -2.37. The minimum atomic E-state index is -1.64. The average molecular weight is 416 g/mol. The molecule has 2 N–H and O–H groups in total. The molecule has 3 aromatic rings. The molecule has 3 heterocycles. The van der Waals surface area contributed by atoms with E-state index in [4.69, 9.17) is 0 Å². The standard InChI is InChI=1S/C22H20N6O3/c1-15-18(13-28(25-15)26-20(29)19-7-10-23-14-24-19)17-5-3-4-16(12-17)6-8-22(31)9-11-27(2)21(22)30/h3-5,7,10,12-14,31H,9,11H2,1-2H3,(H,26,29)/t22-/m0/s1. The van der Waals surface area contributed by atoms with Gasteiger partial charge in [0, 0.05) is 37.3 Å². The second-order valence-electron chi connectivity index (χ2n) is 7.28. The van der Waals surface area contributed by atoms with Gasteiger partial charge in [-0.05, 0) is 30.7 Å². The molecule has 9 nitrogen and oxygen atoms in total. The Morgan fingerprint density at radius 3 is 2.87 bits per heavy atom. The fourth-order valence-electron chi connectivity index (χ4n) is 3.30. The van der Waals surface area contributed by atoms with E-state index < -0.39 is 11.5 Å². The molecule has 2 amide bonds. The van der Waals surface area contributed by atoms with Crippen LogP contribution in [-0.2, 0) is 4.79 Å². The summed E-state index contributed by atoms with van der Waals surface area (Å²) in [4.78, 5) is 34.9. The molecule has 2 aromatic heterocycles. The third-order valence-corrected chi connectivity index (χ3v) is 5.03. The van der Waals surface area contributed by atoms with E-state index in [9.17, 15) is 14.7 Å². The predicted octanol–water partition coefficient (Wildman–Crippen LogP) is 0.977. The van der Waals surface area contributed by atoms with E-state index in [1.807, 2.05) is 25.1 Å². The third kappa shape index (κ3) is 4.15. The highest BCUT2D eigenvalue weighted by atomic mass is 16.3. The van der Waals surface area contributed by atoms with Crippen LogP contribution in [0.15, 0.2) is 49.1 Å². The Bertz CT molecular complexity index is 1210. The Kier molecular flexibility index (Phi) is 5.23. The van der Waals surface area contributed by atoms with E-state index in [1.165, 1.54) is 28.3 Å². The highest BCUT2D eigenvalue weighted by Crippen LogP contribution is 2.24. The van der Waals surface area contributed by atoms with Crippen LogP contribution >= 0.6 is 0 Å². The normalized spacial score (nSPS) is 17.9. The van der Waals surface area contributed by atoms with Crippen molar-refractivity contribution in [2.24, 2.45) is 0 Å². The summed E-state index contributed by atoms with van der Waals surface area (Å²) in [5.41, 5.74) is 4.25. The van der Waals surface area contributed by atoms with Crippen LogP contribution in [0.2, 0.25) is 0 Å². The van der Waals surface area contributed by atoms with Crippen molar-refractivity contribution in [3.8, 4) is 23.0 Å². The molecule has 0 unspecified atom stereocenters. The first-order valence-electron chi connectivity index (χ1n) is 9.61. The van der Waals surface area contributed by atoms with Crippen molar-refractivity contribution in [1.82, 2.24) is 24.8 Å². The van der Waals surface area contributed by atoms with Gasteiger partial charge in [-0.1, -0.05) is 24.0 Å². The molecule has 1 aliphatic heterocycles. The summed E-state index contributed by atoms with van der Waals surface area (Å²) in [7, 11) is 1.65. The summed E-state index contributed by atoms with van der Waals surface area (Å²) in [6, 6.07) is 8.90. The Labute approximate surface area is 178 Å². The minimum Gasteiger partial charge on any atom is -0.369 e. The molecule has 0 saturated carbocycles. The third-order valence-electron chi connectivity index (χ3n) is 5.03. The number of carbonyl (C=O) groups is 2. The maximum atomic E-state index is 12.3. The highest BCUT2D eigenvalue weighted by Gasteiger charge is 2.42. The number of amides is 2. The van der Waals surface area contributed by atoms with Gasteiger partial charge in [-0.25, -0.2) is 15.4 Å². The number of aliphatic hydroxyl groups is 1. The van der Waals surface area contributed by atoms with Crippen LogP contribution in [0.3, 0.4) is 0 Å². The topological polar surface area (TPSA) is 113 Å². The number of hydrogen-bond donors (Lipinski definition) is 2. The van der Waals surface area contributed by atoms with Gasteiger partial charge in [-0.3, -0.25) is 9.59 Å². The fourth-order valence-corrected chi connectivity index (χ4v) is 3.30. The van der Waals surface area contributed by atoms with Crippen molar-refractivity contribution >= 4 is 11.8 Å². The molecule has 156 valence electrons. The molecule has 0 radical (unpaired) electrons. The summed E-state index contributed by atoms with van der Waals surface area (Å²) < 4.78 is 0. The smallest absolute Gasteiger partial charge is 0.290 e. The van der Waals surface area contributed by atoms with Crippen molar-refractivity contribution in [3.05, 3.63) is 66.0 Å². The number of carbonyl (C=O) groups excluding carboxylic acids is 2. The number of likely N-dealkylation sites (tertiary alicyclic amines) is 1. The predicted molar refractivity (Wildman–Crippen MR) is 112 cm³/mol. The maximum absolute atomic E-state index is 12.3. The number of rotatable bonds is 3. The number of aromatic nitrogens is 4. The first kappa shape index (κ1) is 20.3. The Morgan fingerprint density at radius 2 is 2.16 bits per heavy atom. The van der Waals surface area contributed by atoms with Crippen LogP contribution in [0.5, 0.6) is 0 Å². The van der Waals surface area contributed by atoms with E-state index in [-0.39, 0.29) is 18.0 Å². The largest absolute Gasteiger partial charge is 0.369 e. The number of hydrogen-bond acceptors (Lipinski definition) is 6. The number of likely N-dealkylation sites (N-methyl/N-ethyl adjacent to an activating group) is 1. The second kappa shape index (κ2) is 8.01. The summed E-state index contributed by atoms with van der Waals surface area (Å²) >= 11 is 0. The van der Waals surface area contributed by atoms with E-state index >= 15 is 0 Å². The monoisotopic (exact) mass is 416 g/mol. The molecule has 0 spiro atoms. The van der Waals surface area contributed by atoms with Crippen LogP contribution in [0.1, 0.15) is 28.2 Å². The molecular weight excluding hydrogens is 396 g/mol.